The Morgan fingerprint density at radius 2 is 1.62 bits per heavy atom. The summed E-state index contributed by atoms with van der Waals surface area (Å²) in [7, 11) is 1.57. The molecule has 0 saturated carbocycles. The van der Waals surface area contributed by atoms with E-state index in [9.17, 15) is 9.59 Å². The zero-order valence-corrected chi connectivity index (χ0v) is 17.4. The number of nitrogens with zero attached hydrogens (tertiary/aromatic N) is 3. The first kappa shape index (κ1) is 19.7. The summed E-state index contributed by atoms with van der Waals surface area (Å²) in [6.07, 6.45) is 2.11. The molecule has 0 atom stereocenters. The van der Waals surface area contributed by atoms with Crippen molar-refractivity contribution in [2.75, 3.05) is 19.0 Å². The predicted octanol–water partition coefficient (Wildman–Crippen LogP) is 4.22. The van der Waals surface area contributed by atoms with Gasteiger partial charge in [-0.2, -0.15) is 0 Å². The zero-order valence-electron chi connectivity index (χ0n) is 17.4. The molecule has 0 bridgehead atoms. The molecule has 0 spiro atoms. The second-order valence-corrected chi connectivity index (χ2v) is 7.43. The first-order chi connectivity index (χ1) is 15.7. The van der Waals surface area contributed by atoms with Gasteiger partial charge in [-0.25, -0.2) is 9.97 Å². The highest BCUT2D eigenvalue weighted by molar-refractivity contribution is 6.21. The van der Waals surface area contributed by atoms with E-state index in [1.807, 2.05) is 42.5 Å². The Morgan fingerprint density at radius 3 is 2.31 bits per heavy atom. The molecule has 7 heteroatoms. The van der Waals surface area contributed by atoms with Crippen molar-refractivity contribution in [2.24, 2.45) is 0 Å². The van der Waals surface area contributed by atoms with Crippen LogP contribution in [0.4, 0.5) is 11.5 Å². The number of rotatable bonds is 6. The van der Waals surface area contributed by atoms with Crippen molar-refractivity contribution in [3.8, 4) is 5.88 Å². The van der Waals surface area contributed by atoms with Crippen LogP contribution in [0, 0.1) is 0 Å². The van der Waals surface area contributed by atoms with E-state index in [0.717, 1.165) is 22.2 Å². The Labute approximate surface area is 184 Å². The lowest BCUT2D eigenvalue weighted by molar-refractivity contribution is 0.0656. The van der Waals surface area contributed by atoms with Crippen LogP contribution >= 0.6 is 0 Å². The number of anilines is 2. The highest BCUT2D eigenvalue weighted by Crippen LogP contribution is 2.32. The number of hydrogen-bond donors (Lipinski definition) is 1. The van der Waals surface area contributed by atoms with E-state index in [2.05, 4.69) is 10.3 Å². The number of hydrogen-bond acceptors (Lipinski definition) is 6. The van der Waals surface area contributed by atoms with E-state index in [1.54, 1.807) is 37.6 Å². The molecule has 0 unspecified atom stereocenters. The molecule has 0 aliphatic carbocycles. The molecule has 1 aliphatic rings. The van der Waals surface area contributed by atoms with Crippen LogP contribution in [0.3, 0.4) is 0 Å². The number of fused-ring (bicyclic) bond motifs is 2. The number of nitrogens with one attached hydrogen (secondary N) is 1. The summed E-state index contributed by atoms with van der Waals surface area (Å²) in [5.41, 5.74) is 2.53. The van der Waals surface area contributed by atoms with E-state index in [1.165, 1.54) is 4.90 Å². The van der Waals surface area contributed by atoms with Gasteiger partial charge in [0.2, 0.25) is 5.88 Å². The van der Waals surface area contributed by atoms with Crippen LogP contribution < -0.4 is 10.1 Å². The monoisotopic (exact) mass is 424 g/mol. The smallest absolute Gasteiger partial charge is 0.261 e. The third kappa shape index (κ3) is 3.43. The summed E-state index contributed by atoms with van der Waals surface area (Å²) in [5.74, 6) is 0.552. The number of pyridine rings is 2. The average molecular weight is 424 g/mol. The van der Waals surface area contributed by atoms with Gasteiger partial charge in [-0.05, 0) is 41.8 Å². The van der Waals surface area contributed by atoms with Crippen molar-refractivity contribution in [1.82, 2.24) is 14.9 Å². The predicted molar refractivity (Wildman–Crippen MR) is 121 cm³/mol. The standard InChI is InChI=1S/C25H20N4O3/c1-32-23-21-16(11-13-26-23)15-18(28-22(21)27-17-7-3-2-4-8-17)12-14-29-24(30)19-9-5-6-10-20(19)25(29)31/h2-11,13,15H,12,14H2,1H3,(H,27,28). The van der Waals surface area contributed by atoms with Gasteiger partial charge in [0.25, 0.3) is 11.8 Å². The van der Waals surface area contributed by atoms with Crippen molar-refractivity contribution < 1.29 is 14.3 Å². The van der Waals surface area contributed by atoms with Crippen LogP contribution in [0.15, 0.2) is 72.9 Å². The van der Waals surface area contributed by atoms with Gasteiger partial charge in [-0.3, -0.25) is 14.5 Å². The van der Waals surface area contributed by atoms with Crippen molar-refractivity contribution in [1.29, 1.82) is 0 Å². The van der Waals surface area contributed by atoms with E-state index in [-0.39, 0.29) is 18.4 Å². The maximum Gasteiger partial charge on any atom is 0.261 e. The maximum atomic E-state index is 12.7. The fourth-order valence-corrected chi connectivity index (χ4v) is 3.93. The number of para-hydroxylation sites is 1. The number of carbonyl (C=O) groups is 2. The van der Waals surface area contributed by atoms with Gasteiger partial charge in [0, 0.05) is 30.5 Å². The highest BCUT2D eigenvalue weighted by Gasteiger charge is 2.34. The Morgan fingerprint density at radius 1 is 0.938 bits per heavy atom. The van der Waals surface area contributed by atoms with Crippen LogP contribution in [0.5, 0.6) is 5.88 Å². The van der Waals surface area contributed by atoms with Gasteiger partial charge in [-0.15, -0.1) is 0 Å². The van der Waals surface area contributed by atoms with E-state index < -0.39 is 0 Å². The molecule has 2 aromatic carbocycles. The summed E-state index contributed by atoms with van der Waals surface area (Å²) in [6.45, 7) is 0.248. The zero-order chi connectivity index (χ0) is 22.1. The molecule has 0 radical (unpaired) electrons. The molecule has 0 saturated heterocycles. The quantitative estimate of drug-likeness (QED) is 0.467. The molecule has 158 valence electrons. The molecule has 1 N–H and O–H groups in total. The SMILES string of the molecule is COc1nccc2cc(CCN3C(=O)c4ccccc4C3=O)nc(Nc3ccccc3)c12. The number of amides is 2. The Hall–Kier alpha value is -4.26. The van der Waals surface area contributed by atoms with Crippen LogP contribution in [0.25, 0.3) is 10.8 Å². The highest BCUT2D eigenvalue weighted by atomic mass is 16.5. The normalized spacial score (nSPS) is 12.8. The molecule has 4 aromatic rings. The minimum absolute atomic E-state index is 0.248. The second kappa shape index (κ2) is 8.11. The van der Waals surface area contributed by atoms with E-state index in [0.29, 0.717) is 29.2 Å². The van der Waals surface area contributed by atoms with Gasteiger partial charge in [-0.1, -0.05) is 30.3 Å². The van der Waals surface area contributed by atoms with Gasteiger partial charge in [0.15, 0.2) is 0 Å². The molecule has 3 heterocycles. The fourth-order valence-electron chi connectivity index (χ4n) is 3.93. The minimum atomic E-state index is -0.264. The first-order valence-electron chi connectivity index (χ1n) is 10.3. The number of ether oxygens (including phenoxy) is 1. The van der Waals surface area contributed by atoms with Gasteiger partial charge in [0.1, 0.15) is 5.82 Å². The number of carbonyl (C=O) groups excluding carboxylic acids is 2. The van der Waals surface area contributed by atoms with Gasteiger partial charge >= 0.3 is 0 Å². The number of imide groups is 1. The Bertz CT molecular complexity index is 1300. The van der Waals surface area contributed by atoms with Crippen molar-refractivity contribution >= 4 is 34.1 Å². The van der Waals surface area contributed by atoms with Crippen LogP contribution in [0.1, 0.15) is 26.4 Å². The largest absolute Gasteiger partial charge is 0.480 e. The third-order valence-corrected chi connectivity index (χ3v) is 5.46. The van der Waals surface area contributed by atoms with Crippen molar-refractivity contribution in [2.45, 2.75) is 6.42 Å². The molecule has 32 heavy (non-hydrogen) atoms. The molecule has 2 amide bonds. The van der Waals surface area contributed by atoms with E-state index >= 15 is 0 Å². The molecule has 7 nitrogen and oxygen atoms in total. The molecular formula is C25H20N4O3. The lowest BCUT2D eigenvalue weighted by Crippen LogP contribution is -2.31. The van der Waals surface area contributed by atoms with Crippen molar-refractivity contribution in [3.63, 3.8) is 0 Å². The molecular weight excluding hydrogens is 404 g/mol. The topological polar surface area (TPSA) is 84.4 Å². The summed E-state index contributed by atoms with van der Waals surface area (Å²) in [6, 6.07) is 20.4. The average Bonchev–Trinajstić information content (AvgIpc) is 3.07. The third-order valence-electron chi connectivity index (χ3n) is 5.46. The van der Waals surface area contributed by atoms with Crippen LogP contribution in [-0.4, -0.2) is 40.3 Å². The number of aromatic nitrogens is 2. The maximum absolute atomic E-state index is 12.7. The molecule has 1 aliphatic heterocycles. The van der Waals surface area contributed by atoms with Gasteiger partial charge in [0.05, 0.1) is 23.6 Å². The first-order valence-corrected chi connectivity index (χ1v) is 10.3. The van der Waals surface area contributed by atoms with Crippen molar-refractivity contribution in [3.05, 3.63) is 89.7 Å². The lowest BCUT2D eigenvalue weighted by Gasteiger charge is -2.16. The number of benzene rings is 2. The summed E-state index contributed by atoms with van der Waals surface area (Å²) >= 11 is 0. The summed E-state index contributed by atoms with van der Waals surface area (Å²) < 4.78 is 5.46. The fraction of sp³-hybridized carbons (Fsp3) is 0.120. The summed E-state index contributed by atoms with van der Waals surface area (Å²) in [5, 5.41) is 5.02. The minimum Gasteiger partial charge on any atom is -0.480 e. The van der Waals surface area contributed by atoms with E-state index in [4.69, 9.17) is 9.72 Å². The van der Waals surface area contributed by atoms with Gasteiger partial charge < -0.3 is 10.1 Å². The summed E-state index contributed by atoms with van der Waals surface area (Å²) in [4.78, 5) is 35.7. The second-order valence-electron chi connectivity index (χ2n) is 7.43. The molecule has 5 rings (SSSR count). The Balaban J connectivity index is 1.47. The molecule has 2 aromatic heterocycles. The van der Waals surface area contributed by atoms with Crippen LogP contribution in [-0.2, 0) is 6.42 Å². The Kier molecular flexibility index (Phi) is 4.99. The van der Waals surface area contributed by atoms with Crippen LogP contribution in [0.2, 0.25) is 0 Å². The number of methoxy groups -OCH3 is 1. The lowest BCUT2D eigenvalue weighted by atomic mass is 10.1. The molecule has 0 fully saturated rings.